The van der Waals surface area contributed by atoms with E-state index in [0.29, 0.717) is 18.1 Å². The summed E-state index contributed by atoms with van der Waals surface area (Å²) >= 11 is 0. The monoisotopic (exact) mass is 322 g/mol. The number of guanidine groups is 1. The van der Waals surface area contributed by atoms with Crippen LogP contribution in [0.15, 0.2) is 54.6 Å². The molecule has 5 heteroatoms. The molecule has 1 aliphatic heterocycles. The molecule has 0 bridgehead atoms. The zero-order valence-corrected chi connectivity index (χ0v) is 13.6. The lowest BCUT2D eigenvalue weighted by Crippen LogP contribution is -2.32. The van der Waals surface area contributed by atoms with Crippen LogP contribution in [0.3, 0.4) is 0 Å². The zero-order valence-electron chi connectivity index (χ0n) is 13.6. The minimum Gasteiger partial charge on any atom is -0.348 e. The van der Waals surface area contributed by atoms with E-state index in [9.17, 15) is 4.79 Å². The van der Waals surface area contributed by atoms with Crippen LogP contribution < -0.4 is 10.6 Å². The third-order valence-electron chi connectivity index (χ3n) is 4.13. The molecule has 2 aromatic rings. The average Bonchev–Trinajstić information content (AvgIpc) is 3.16. The molecule has 0 aliphatic carbocycles. The summed E-state index contributed by atoms with van der Waals surface area (Å²) in [4.78, 5) is 14.2. The third kappa shape index (κ3) is 4.13. The summed E-state index contributed by atoms with van der Waals surface area (Å²) in [7, 11) is 0. The summed E-state index contributed by atoms with van der Waals surface area (Å²) in [6.45, 7) is 2.39. The maximum absolute atomic E-state index is 12.2. The summed E-state index contributed by atoms with van der Waals surface area (Å²) in [5.74, 6) is 0.328. The van der Waals surface area contributed by atoms with Crippen LogP contribution in [0.1, 0.15) is 28.8 Å². The van der Waals surface area contributed by atoms with Gasteiger partial charge in [-0.3, -0.25) is 10.2 Å². The van der Waals surface area contributed by atoms with Gasteiger partial charge in [0.2, 0.25) is 0 Å². The first-order valence-corrected chi connectivity index (χ1v) is 8.25. The fraction of sp³-hybridized carbons (Fsp3) is 0.263. The van der Waals surface area contributed by atoms with Crippen LogP contribution in [-0.2, 0) is 6.54 Å². The van der Waals surface area contributed by atoms with Crippen molar-refractivity contribution in [3.05, 3.63) is 65.7 Å². The van der Waals surface area contributed by atoms with Crippen LogP contribution in [0.2, 0.25) is 0 Å². The molecular weight excluding hydrogens is 300 g/mol. The fourth-order valence-electron chi connectivity index (χ4n) is 2.74. The van der Waals surface area contributed by atoms with Crippen LogP contribution in [0.25, 0.3) is 0 Å². The first kappa shape index (κ1) is 16.1. The minimum absolute atomic E-state index is 0.0972. The third-order valence-corrected chi connectivity index (χ3v) is 4.13. The van der Waals surface area contributed by atoms with Crippen molar-refractivity contribution < 1.29 is 4.79 Å². The Morgan fingerprint density at radius 1 is 1.00 bits per heavy atom. The summed E-state index contributed by atoms with van der Waals surface area (Å²) in [6.07, 6.45) is 2.29. The first-order chi connectivity index (χ1) is 11.7. The minimum atomic E-state index is -0.0972. The van der Waals surface area contributed by atoms with Gasteiger partial charge in [-0.25, -0.2) is 0 Å². The number of nitrogens with zero attached hydrogens (tertiary/aromatic N) is 1. The van der Waals surface area contributed by atoms with Crippen molar-refractivity contribution in [3.8, 4) is 0 Å². The highest BCUT2D eigenvalue weighted by molar-refractivity contribution is 5.95. The number of hydrogen-bond acceptors (Lipinski definition) is 2. The Bertz CT molecular complexity index is 691. The number of benzene rings is 2. The highest BCUT2D eigenvalue weighted by Gasteiger charge is 2.14. The number of nitrogens with one attached hydrogen (secondary N) is 3. The zero-order chi connectivity index (χ0) is 16.8. The Morgan fingerprint density at radius 3 is 2.33 bits per heavy atom. The van der Waals surface area contributed by atoms with E-state index < -0.39 is 0 Å². The molecule has 1 aliphatic rings. The molecule has 0 aromatic heterocycles. The van der Waals surface area contributed by atoms with Crippen molar-refractivity contribution in [2.45, 2.75) is 19.4 Å². The van der Waals surface area contributed by atoms with Gasteiger partial charge in [0, 0.05) is 30.9 Å². The molecule has 0 saturated carbocycles. The molecule has 24 heavy (non-hydrogen) atoms. The summed E-state index contributed by atoms with van der Waals surface area (Å²) < 4.78 is 0. The van der Waals surface area contributed by atoms with E-state index >= 15 is 0 Å². The van der Waals surface area contributed by atoms with Gasteiger partial charge < -0.3 is 15.5 Å². The Labute approximate surface area is 142 Å². The Kier molecular flexibility index (Phi) is 5.11. The van der Waals surface area contributed by atoms with E-state index in [1.807, 2.05) is 47.4 Å². The lowest BCUT2D eigenvalue weighted by Gasteiger charge is -2.19. The van der Waals surface area contributed by atoms with Crippen molar-refractivity contribution >= 4 is 17.6 Å². The van der Waals surface area contributed by atoms with Gasteiger partial charge in [-0.2, -0.15) is 0 Å². The molecule has 2 aromatic carbocycles. The molecule has 1 saturated heterocycles. The molecule has 5 nitrogen and oxygen atoms in total. The van der Waals surface area contributed by atoms with Crippen LogP contribution >= 0.6 is 0 Å². The molecular formula is C19H22N4O. The van der Waals surface area contributed by atoms with Gasteiger partial charge in [0.15, 0.2) is 5.96 Å². The number of likely N-dealkylation sites (tertiary alicyclic amines) is 1. The lowest BCUT2D eigenvalue weighted by molar-refractivity contribution is 0.0951. The summed E-state index contributed by atoms with van der Waals surface area (Å²) in [5, 5.41) is 14.1. The number of rotatable bonds is 4. The summed E-state index contributed by atoms with van der Waals surface area (Å²) in [6, 6.07) is 17.1. The van der Waals surface area contributed by atoms with Crippen molar-refractivity contribution in [3.63, 3.8) is 0 Å². The van der Waals surface area contributed by atoms with E-state index in [4.69, 9.17) is 5.41 Å². The number of hydrogen-bond donors (Lipinski definition) is 3. The SMILES string of the molecule is N=C(Nc1ccc(C(=O)NCc2ccccc2)cc1)N1CCCC1. The Hall–Kier alpha value is -2.82. The predicted molar refractivity (Wildman–Crippen MR) is 96.2 cm³/mol. The molecule has 124 valence electrons. The van der Waals surface area contributed by atoms with Gasteiger partial charge in [0.25, 0.3) is 5.91 Å². The van der Waals surface area contributed by atoms with Gasteiger partial charge in [-0.15, -0.1) is 0 Å². The second-order valence-electron chi connectivity index (χ2n) is 5.91. The molecule has 1 amide bonds. The number of anilines is 1. The molecule has 1 fully saturated rings. The highest BCUT2D eigenvalue weighted by atomic mass is 16.1. The molecule has 1 heterocycles. The van der Waals surface area contributed by atoms with E-state index in [1.54, 1.807) is 12.1 Å². The number of carbonyl (C=O) groups excluding carboxylic acids is 1. The molecule has 3 rings (SSSR count). The van der Waals surface area contributed by atoms with E-state index in [2.05, 4.69) is 10.6 Å². The fourth-order valence-corrected chi connectivity index (χ4v) is 2.74. The standard InChI is InChI=1S/C19H22N4O/c20-19(23-12-4-5-13-23)22-17-10-8-16(9-11-17)18(24)21-14-15-6-2-1-3-7-15/h1-3,6-11H,4-5,12-14H2,(H2,20,22)(H,21,24). The van der Waals surface area contributed by atoms with Crippen molar-refractivity contribution in [2.24, 2.45) is 0 Å². The van der Waals surface area contributed by atoms with E-state index in [1.165, 1.54) is 0 Å². The lowest BCUT2D eigenvalue weighted by atomic mass is 10.2. The summed E-state index contributed by atoms with van der Waals surface area (Å²) in [5.41, 5.74) is 2.51. The quantitative estimate of drug-likeness (QED) is 0.598. The van der Waals surface area contributed by atoms with Crippen LogP contribution in [0.4, 0.5) is 5.69 Å². The van der Waals surface area contributed by atoms with E-state index in [-0.39, 0.29) is 5.91 Å². The van der Waals surface area contributed by atoms with Crippen molar-refractivity contribution in [1.29, 1.82) is 5.41 Å². The second kappa shape index (κ2) is 7.64. The molecule has 0 spiro atoms. The smallest absolute Gasteiger partial charge is 0.251 e. The molecule has 0 unspecified atom stereocenters. The maximum Gasteiger partial charge on any atom is 0.251 e. The van der Waals surface area contributed by atoms with Crippen LogP contribution in [0.5, 0.6) is 0 Å². The topological polar surface area (TPSA) is 68.2 Å². The number of amides is 1. The predicted octanol–water partition coefficient (Wildman–Crippen LogP) is 3.06. The van der Waals surface area contributed by atoms with Crippen molar-refractivity contribution in [2.75, 3.05) is 18.4 Å². The highest BCUT2D eigenvalue weighted by Crippen LogP contribution is 2.13. The van der Waals surface area contributed by atoms with Crippen molar-refractivity contribution in [1.82, 2.24) is 10.2 Å². The van der Waals surface area contributed by atoms with Gasteiger partial charge in [0.1, 0.15) is 0 Å². The molecule has 0 radical (unpaired) electrons. The first-order valence-electron chi connectivity index (χ1n) is 8.25. The average molecular weight is 322 g/mol. The molecule has 0 atom stereocenters. The van der Waals surface area contributed by atoms with Crippen LogP contribution in [-0.4, -0.2) is 29.9 Å². The molecule has 3 N–H and O–H groups in total. The van der Waals surface area contributed by atoms with E-state index in [0.717, 1.165) is 37.2 Å². The van der Waals surface area contributed by atoms with Gasteiger partial charge in [-0.05, 0) is 42.7 Å². The van der Waals surface area contributed by atoms with Gasteiger partial charge in [0.05, 0.1) is 0 Å². The Morgan fingerprint density at radius 2 is 1.67 bits per heavy atom. The largest absolute Gasteiger partial charge is 0.348 e. The van der Waals surface area contributed by atoms with Gasteiger partial charge >= 0.3 is 0 Å². The maximum atomic E-state index is 12.2. The van der Waals surface area contributed by atoms with Crippen LogP contribution in [0, 0.1) is 5.41 Å². The normalized spacial score (nSPS) is 13.6. The second-order valence-corrected chi connectivity index (χ2v) is 5.91. The Balaban J connectivity index is 1.53. The van der Waals surface area contributed by atoms with Gasteiger partial charge in [-0.1, -0.05) is 30.3 Å². The number of carbonyl (C=O) groups is 1.